The van der Waals surface area contributed by atoms with E-state index in [9.17, 15) is 4.79 Å². The summed E-state index contributed by atoms with van der Waals surface area (Å²) in [6, 6.07) is -1.17. The number of hydrogen-bond acceptors (Lipinski definition) is 5. The Morgan fingerprint density at radius 1 is 1.77 bits per heavy atom. The highest BCUT2D eigenvalue weighted by atomic mass is 16.8. The van der Waals surface area contributed by atoms with Crippen molar-refractivity contribution in [3.8, 4) is 0 Å². The Morgan fingerprint density at radius 3 is 2.69 bits per heavy atom. The molecule has 0 bridgehead atoms. The van der Waals surface area contributed by atoms with Crippen molar-refractivity contribution in [2.24, 2.45) is 5.11 Å². The molecular weight excluding hydrogens is 178 g/mol. The first-order chi connectivity index (χ1) is 5.95. The van der Waals surface area contributed by atoms with Crippen LogP contribution < -0.4 is 0 Å². The van der Waals surface area contributed by atoms with Gasteiger partial charge in [-0.2, -0.15) is 0 Å². The summed E-state index contributed by atoms with van der Waals surface area (Å²) in [7, 11) is 0. The van der Waals surface area contributed by atoms with E-state index < -0.39 is 17.8 Å². The average molecular weight is 189 g/mol. The highest BCUT2D eigenvalue weighted by Gasteiger charge is 2.37. The zero-order valence-electron chi connectivity index (χ0n) is 7.34. The maximum atomic E-state index is 11.1. The SMILES string of the molecule is CCOC(O)(O)C(=O)C(C)N=[N+]=[N-]. The van der Waals surface area contributed by atoms with Crippen LogP contribution in [0.4, 0.5) is 0 Å². The van der Waals surface area contributed by atoms with E-state index in [0.717, 1.165) is 0 Å². The van der Waals surface area contributed by atoms with Crippen LogP contribution in [-0.2, 0) is 9.53 Å². The van der Waals surface area contributed by atoms with Crippen LogP contribution in [0.25, 0.3) is 10.4 Å². The third-order valence-corrected chi connectivity index (χ3v) is 1.27. The molecule has 74 valence electrons. The molecule has 0 fully saturated rings. The van der Waals surface area contributed by atoms with Crippen molar-refractivity contribution in [1.29, 1.82) is 0 Å². The van der Waals surface area contributed by atoms with E-state index in [0.29, 0.717) is 0 Å². The quantitative estimate of drug-likeness (QED) is 0.272. The van der Waals surface area contributed by atoms with Crippen LogP contribution in [0.5, 0.6) is 0 Å². The Balaban J connectivity index is 4.47. The van der Waals surface area contributed by atoms with Gasteiger partial charge < -0.3 is 14.9 Å². The van der Waals surface area contributed by atoms with E-state index in [1.54, 1.807) is 0 Å². The lowest BCUT2D eigenvalue weighted by atomic mass is 10.2. The summed E-state index contributed by atoms with van der Waals surface area (Å²) in [6.07, 6.45) is 0. The van der Waals surface area contributed by atoms with E-state index in [4.69, 9.17) is 15.7 Å². The van der Waals surface area contributed by atoms with E-state index >= 15 is 0 Å². The second-order valence-electron chi connectivity index (χ2n) is 2.29. The van der Waals surface area contributed by atoms with Gasteiger partial charge in [0.2, 0.25) is 5.78 Å². The molecule has 0 spiro atoms. The first-order valence-corrected chi connectivity index (χ1v) is 3.63. The molecule has 13 heavy (non-hydrogen) atoms. The summed E-state index contributed by atoms with van der Waals surface area (Å²) in [5, 5.41) is 21.0. The second kappa shape index (κ2) is 4.78. The minimum atomic E-state index is -2.87. The number of hydrogen-bond donors (Lipinski definition) is 2. The number of ether oxygens (including phenoxy) is 1. The predicted molar refractivity (Wildman–Crippen MR) is 42.4 cm³/mol. The van der Waals surface area contributed by atoms with Gasteiger partial charge in [0.15, 0.2) is 0 Å². The monoisotopic (exact) mass is 189 g/mol. The van der Waals surface area contributed by atoms with Crippen molar-refractivity contribution in [1.82, 2.24) is 0 Å². The normalized spacial score (nSPS) is 13.2. The molecule has 0 aliphatic heterocycles. The van der Waals surface area contributed by atoms with E-state index in [1.807, 2.05) is 0 Å². The number of aliphatic hydroxyl groups is 2. The third kappa shape index (κ3) is 3.39. The lowest BCUT2D eigenvalue weighted by Crippen LogP contribution is -2.45. The summed E-state index contributed by atoms with van der Waals surface area (Å²) in [5.74, 6) is -3.96. The van der Waals surface area contributed by atoms with Gasteiger partial charge in [0.05, 0.1) is 6.61 Å². The smallest absolute Gasteiger partial charge is 0.337 e. The number of carbonyl (C=O) groups is 1. The van der Waals surface area contributed by atoms with Gasteiger partial charge in [-0.15, -0.1) is 0 Å². The second-order valence-corrected chi connectivity index (χ2v) is 2.29. The lowest BCUT2D eigenvalue weighted by molar-refractivity contribution is -0.310. The van der Waals surface area contributed by atoms with Crippen LogP contribution in [0.3, 0.4) is 0 Å². The first kappa shape index (κ1) is 11.9. The maximum Gasteiger partial charge on any atom is 0.342 e. The topological polar surface area (TPSA) is 116 Å². The van der Waals surface area contributed by atoms with E-state index in [1.165, 1.54) is 13.8 Å². The predicted octanol–water partition coefficient (Wildman–Crippen LogP) is -0.0708. The summed E-state index contributed by atoms with van der Waals surface area (Å²) >= 11 is 0. The Hall–Kier alpha value is -1.14. The fourth-order valence-electron chi connectivity index (χ4n) is 0.674. The van der Waals surface area contributed by atoms with Crippen molar-refractivity contribution in [2.45, 2.75) is 25.9 Å². The molecule has 0 aliphatic rings. The van der Waals surface area contributed by atoms with Crippen LogP contribution in [0, 0.1) is 0 Å². The highest BCUT2D eigenvalue weighted by Crippen LogP contribution is 2.08. The molecule has 0 aromatic heterocycles. The van der Waals surface area contributed by atoms with Crippen molar-refractivity contribution >= 4 is 5.78 Å². The molecule has 1 atom stereocenters. The molecule has 0 saturated carbocycles. The first-order valence-electron chi connectivity index (χ1n) is 3.63. The van der Waals surface area contributed by atoms with Crippen LogP contribution in [0.15, 0.2) is 5.11 Å². The van der Waals surface area contributed by atoms with Crippen molar-refractivity contribution in [3.63, 3.8) is 0 Å². The van der Waals surface area contributed by atoms with Gasteiger partial charge in [-0.1, -0.05) is 5.11 Å². The van der Waals surface area contributed by atoms with Crippen LogP contribution in [-0.4, -0.2) is 34.6 Å². The van der Waals surface area contributed by atoms with Crippen LogP contribution in [0.1, 0.15) is 13.8 Å². The molecule has 1 unspecified atom stereocenters. The highest BCUT2D eigenvalue weighted by molar-refractivity contribution is 5.88. The van der Waals surface area contributed by atoms with Gasteiger partial charge in [0.25, 0.3) is 0 Å². The Bertz CT molecular complexity index is 234. The number of carbonyl (C=O) groups excluding carboxylic acids is 1. The van der Waals surface area contributed by atoms with Gasteiger partial charge in [-0.05, 0) is 19.4 Å². The van der Waals surface area contributed by atoms with Gasteiger partial charge in [-0.25, -0.2) is 0 Å². The number of rotatable bonds is 5. The molecular formula is C6H11N3O4. The van der Waals surface area contributed by atoms with Crippen LogP contribution in [0.2, 0.25) is 0 Å². The fourth-order valence-corrected chi connectivity index (χ4v) is 0.674. The minimum Gasteiger partial charge on any atom is -0.337 e. The Morgan fingerprint density at radius 2 is 2.31 bits per heavy atom. The molecule has 0 aliphatic carbocycles. The zero-order chi connectivity index (χ0) is 10.5. The number of ketones is 1. The number of azide groups is 1. The maximum absolute atomic E-state index is 11.1. The molecule has 0 aromatic carbocycles. The van der Waals surface area contributed by atoms with Gasteiger partial charge >= 0.3 is 5.97 Å². The number of nitrogens with zero attached hydrogens (tertiary/aromatic N) is 3. The summed E-state index contributed by atoms with van der Waals surface area (Å²) in [4.78, 5) is 13.4. The zero-order valence-corrected chi connectivity index (χ0v) is 7.34. The molecule has 0 rings (SSSR count). The molecule has 0 radical (unpaired) electrons. The largest absolute Gasteiger partial charge is 0.342 e. The lowest BCUT2D eigenvalue weighted by Gasteiger charge is -2.20. The summed E-state index contributed by atoms with van der Waals surface area (Å²) in [5.41, 5.74) is 7.98. The van der Waals surface area contributed by atoms with E-state index in [-0.39, 0.29) is 6.61 Å². The molecule has 0 saturated heterocycles. The standard InChI is InChI=1S/C6H11N3O4/c1-3-13-6(11,12)5(10)4(2)8-9-7/h4,11-12H,3H2,1-2H3. The number of Topliss-reactive ketones (excluding diaryl/α,β-unsaturated/α-hetero) is 1. The van der Waals surface area contributed by atoms with Gasteiger partial charge in [-0.3, -0.25) is 4.79 Å². The summed E-state index contributed by atoms with van der Waals surface area (Å²) in [6.45, 7) is 2.69. The van der Waals surface area contributed by atoms with Crippen molar-refractivity contribution in [3.05, 3.63) is 10.4 Å². The minimum absolute atomic E-state index is 0.0400. The van der Waals surface area contributed by atoms with Crippen molar-refractivity contribution < 1.29 is 19.7 Å². The van der Waals surface area contributed by atoms with Crippen LogP contribution >= 0.6 is 0 Å². The molecule has 7 heteroatoms. The van der Waals surface area contributed by atoms with Crippen molar-refractivity contribution in [2.75, 3.05) is 6.61 Å². The molecule has 0 amide bonds. The average Bonchev–Trinajstić information content (AvgIpc) is 2.03. The van der Waals surface area contributed by atoms with Gasteiger partial charge in [0, 0.05) is 4.91 Å². The molecule has 0 aromatic rings. The molecule has 2 N–H and O–H groups in total. The molecule has 7 nitrogen and oxygen atoms in total. The van der Waals surface area contributed by atoms with E-state index in [2.05, 4.69) is 14.8 Å². The molecule has 0 heterocycles. The third-order valence-electron chi connectivity index (χ3n) is 1.27. The van der Waals surface area contributed by atoms with Gasteiger partial charge in [0.1, 0.15) is 6.04 Å². The Kier molecular flexibility index (Phi) is 4.36. The Labute approximate surface area is 74.6 Å². The fraction of sp³-hybridized carbons (Fsp3) is 0.833. The summed E-state index contributed by atoms with van der Waals surface area (Å²) < 4.78 is 4.34.